The van der Waals surface area contributed by atoms with Gasteiger partial charge in [-0.3, -0.25) is 4.98 Å². The van der Waals surface area contributed by atoms with Crippen LogP contribution in [0.25, 0.3) is 16.9 Å². The summed E-state index contributed by atoms with van der Waals surface area (Å²) < 4.78 is 2.33. The minimum atomic E-state index is 0. The summed E-state index contributed by atoms with van der Waals surface area (Å²) >= 11 is 0. The van der Waals surface area contributed by atoms with Crippen LogP contribution < -0.4 is 4.90 Å². The molecule has 0 saturated carbocycles. The van der Waals surface area contributed by atoms with Crippen molar-refractivity contribution in [2.75, 3.05) is 11.9 Å². The second-order valence-electron chi connectivity index (χ2n) is 10.5. The minimum absolute atomic E-state index is 0. The summed E-state index contributed by atoms with van der Waals surface area (Å²) in [6.45, 7) is 13.4. The number of rotatable bonds is 7. The maximum Gasteiger partial charge on any atom is 0.105 e. The predicted molar refractivity (Wildman–Crippen MR) is 153 cm³/mol. The van der Waals surface area contributed by atoms with Crippen LogP contribution in [0.4, 0.5) is 5.69 Å². The normalized spacial score (nSPS) is 13.1. The van der Waals surface area contributed by atoms with E-state index in [4.69, 9.17) is 4.98 Å². The first kappa shape index (κ1) is 27.9. The number of hydrogen-bond acceptors (Lipinski definition) is 3. The molecule has 0 radical (unpaired) electrons. The Morgan fingerprint density at radius 3 is 2.29 bits per heavy atom. The smallest absolute Gasteiger partial charge is 0.105 e. The Labute approximate surface area is 242 Å². The Bertz CT molecular complexity index is 1390. The van der Waals surface area contributed by atoms with Gasteiger partial charge in [-0.05, 0) is 55.5 Å². The van der Waals surface area contributed by atoms with E-state index in [0.29, 0.717) is 18.3 Å². The van der Waals surface area contributed by atoms with Crippen molar-refractivity contribution in [2.45, 2.75) is 52.9 Å². The van der Waals surface area contributed by atoms with E-state index in [-0.39, 0.29) is 21.1 Å². The van der Waals surface area contributed by atoms with E-state index < -0.39 is 0 Å². The van der Waals surface area contributed by atoms with Crippen LogP contribution in [0.3, 0.4) is 0 Å². The summed E-state index contributed by atoms with van der Waals surface area (Å²) in [4.78, 5) is 9.31. The zero-order valence-electron chi connectivity index (χ0n) is 23.0. The van der Waals surface area contributed by atoms with Gasteiger partial charge in [0.25, 0.3) is 0 Å². The van der Waals surface area contributed by atoms with Crippen LogP contribution in [-0.4, -0.2) is 21.5 Å². The molecule has 1 aliphatic rings. The van der Waals surface area contributed by atoms with Crippen LogP contribution in [0, 0.1) is 25.7 Å². The fraction of sp³-hybridized carbons (Fsp3) is 0.273. The third-order valence-corrected chi connectivity index (χ3v) is 6.80. The number of nitrogens with zero attached hydrogens (tertiary/aromatic N) is 4. The molecule has 0 spiro atoms. The molecule has 0 bridgehead atoms. The molecule has 0 saturated heterocycles. The molecular formula is C33H35N4Pt-3. The summed E-state index contributed by atoms with van der Waals surface area (Å²) in [5.74, 6) is 1.78. The molecule has 200 valence electrons. The van der Waals surface area contributed by atoms with Crippen LogP contribution in [0.2, 0.25) is 0 Å². The maximum absolute atomic E-state index is 5.18. The molecular weight excluding hydrogens is 647 g/mol. The molecule has 0 atom stereocenters. The molecule has 1 aromatic heterocycles. The SMILES string of the molecule is Cc1cc(C(C)C)c(-n2cc(-c3[c-]cccc3)nc2Cc2[c-]c(N3C=CN(C)[CH-]3)ccc2)c(C(C)C)c1.[Pt]. The number of hydrogen-bond donors (Lipinski definition) is 0. The molecule has 38 heavy (non-hydrogen) atoms. The van der Waals surface area contributed by atoms with Gasteiger partial charge in [-0.15, -0.1) is 41.6 Å². The first-order chi connectivity index (χ1) is 17.8. The van der Waals surface area contributed by atoms with Crippen molar-refractivity contribution in [3.63, 3.8) is 0 Å². The fourth-order valence-corrected chi connectivity index (χ4v) is 4.93. The average molecular weight is 683 g/mol. The molecule has 0 fully saturated rings. The van der Waals surface area contributed by atoms with Gasteiger partial charge >= 0.3 is 0 Å². The van der Waals surface area contributed by atoms with Crippen molar-refractivity contribution in [3.05, 3.63) is 120 Å². The van der Waals surface area contributed by atoms with E-state index >= 15 is 0 Å². The largest absolute Gasteiger partial charge is 0.510 e. The van der Waals surface area contributed by atoms with E-state index in [1.54, 1.807) is 0 Å². The van der Waals surface area contributed by atoms with Gasteiger partial charge in [0.05, 0.1) is 5.69 Å². The monoisotopic (exact) mass is 682 g/mol. The Hall–Kier alpha value is -3.10. The number of aryl methyl sites for hydroxylation is 1. The van der Waals surface area contributed by atoms with Gasteiger partial charge in [-0.25, -0.2) is 0 Å². The first-order valence-electron chi connectivity index (χ1n) is 13.0. The van der Waals surface area contributed by atoms with Gasteiger partial charge in [-0.1, -0.05) is 45.4 Å². The third kappa shape index (κ3) is 5.81. The molecule has 0 aliphatic carbocycles. The van der Waals surface area contributed by atoms with Gasteiger partial charge in [0, 0.05) is 33.2 Å². The van der Waals surface area contributed by atoms with Crippen LogP contribution >= 0.6 is 0 Å². The Kier molecular flexibility index (Phi) is 8.63. The van der Waals surface area contributed by atoms with Crippen LogP contribution in [0.1, 0.15) is 67.6 Å². The third-order valence-electron chi connectivity index (χ3n) is 6.80. The van der Waals surface area contributed by atoms with Crippen LogP contribution in [0.15, 0.2) is 73.2 Å². The number of imidazole rings is 1. The predicted octanol–water partition coefficient (Wildman–Crippen LogP) is 7.63. The van der Waals surface area contributed by atoms with E-state index in [2.05, 4.69) is 112 Å². The minimum Gasteiger partial charge on any atom is -0.510 e. The van der Waals surface area contributed by atoms with Gasteiger partial charge in [0.2, 0.25) is 0 Å². The van der Waals surface area contributed by atoms with Crippen molar-refractivity contribution in [3.8, 4) is 16.9 Å². The Morgan fingerprint density at radius 2 is 1.68 bits per heavy atom. The van der Waals surface area contributed by atoms with Gasteiger partial charge in [0.1, 0.15) is 5.82 Å². The number of benzene rings is 3. The zero-order chi connectivity index (χ0) is 26.1. The van der Waals surface area contributed by atoms with Crippen molar-refractivity contribution < 1.29 is 21.1 Å². The molecule has 0 N–H and O–H groups in total. The first-order valence-corrected chi connectivity index (χ1v) is 13.0. The summed E-state index contributed by atoms with van der Waals surface area (Å²) in [6.07, 6.45) is 6.96. The quantitative estimate of drug-likeness (QED) is 0.188. The molecule has 0 unspecified atom stereocenters. The molecule has 4 aromatic rings. The molecule has 5 rings (SSSR count). The van der Waals surface area contributed by atoms with E-state index in [1.165, 1.54) is 22.4 Å². The average Bonchev–Trinajstić information content (AvgIpc) is 3.50. The molecule has 4 nitrogen and oxygen atoms in total. The Balaban J connectivity index is 0.00000336. The molecule has 3 aromatic carbocycles. The van der Waals surface area contributed by atoms with Crippen molar-refractivity contribution in [1.82, 2.24) is 14.5 Å². The van der Waals surface area contributed by atoms with Crippen LogP contribution in [-0.2, 0) is 27.5 Å². The van der Waals surface area contributed by atoms with Gasteiger partial charge in [0.15, 0.2) is 0 Å². The summed E-state index contributed by atoms with van der Waals surface area (Å²) in [7, 11) is 2.03. The molecule has 5 heteroatoms. The van der Waals surface area contributed by atoms with E-state index in [1.807, 2.05) is 36.3 Å². The van der Waals surface area contributed by atoms with Crippen LogP contribution in [0.5, 0.6) is 0 Å². The standard InChI is InChI=1S/C33H35N4.Pt/c1-23(2)29-17-25(5)18-30(24(3)4)33(29)37-21-31(27-12-8-7-9-13-27)34-32(37)20-26-11-10-14-28(19-26)36-16-15-35(6)22-36;/h7-12,14-18,21-24H,20H2,1-6H3;/q-3;. The molecule has 0 amide bonds. The van der Waals surface area contributed by atoms with Crippen molar-refractivity contribution in [2.24, 2.45) is 0 Å². The second kappa shape index (κ2) is 11.7. The Morgan fingerprint density at radius 1 is 0.947 bits per heavy atom. The summed E-state index contributed by atoms with van der Waals surface area (Å²) in [6, 6.07) is 26.1. The fourth-order valence-electron chi connectivity index (χ4n) is 4.93. The molecule has 1 aliphatic heterocycles. The second-order valence-corrected chi connectivity index (χ2v) is 10.5. The summed E-state index contributed by atoms with van der Waals surface area (Å²) in [5, 5.41) is 0. The van der Waals surface area contributed by atoms with Gasteiger partial charge in [-0.2, -0.15) is 36.5 Å². The van der Waals surface area contributed by atoms with Gasteiger partial charge < -0.3 is 14.4 Å². The van der Waals surface area contributed by atoms with E-state index in [0.717, 1.165) is 28.3 Å². The summed E-state index contributed by atoms with van der Waals surface area (Å²) in [5.41, 5.74) is 9.33. The zero-order valence-corrected chi connectivity index (χ0v) is 25.2. The molecule has 2 heterocycles. The maximum atomic E-state index is 5.18. The van der Waals surface area contributed by atoms with E-state index in [9.17, 15) is 0 Å². The van der Waals surface area contributed by atoms with Crippen molar-refractivity contribution >= 4 is 5.69 Å². The number of aromatic nitrogens is 2. The van der Waals surface area contributed by atoms with Crippen molar-refractivity contribution in [1.29, 1.82) is 0 Å². The topological polar surface area (TPSA) is 24.3 Å². The number of anilines is 1.